The number of nitrogens with zero attached hydrogens (tertiary/aromatic N) is 3. The average molecular weight is 301 g/mol. The molecule has 19 heavy (non-hydrogen) atoms. The van der Waals surface area contributed by atoms with Crippen LogP contribution in [0.2, 0.25) is 10.0 Å². The number of amides is 1. The molecule has 0 aliphatic rings. The molecule has 0 aliphatic heterocycles. The van der Waals surface area contributed by atoms with Crippen LogP contribution in [-0.2, 0) is 6.54 Å². The molecule has 0 radical (unpaired) electrons. The molecule has 1 aromatic heterocycles. The van der Waals surface area contributed by atoms with E-state index in [2.05, 4.69) is 15.4 Å². The lowest BCUT2D eigenvalue weighted by molar-refractivity contribution is 0.202. The maximum Gasteiger partial charge on any atom is 0.412 e. The summed E-state index contributed by atoms with van der Waals surface area (Å²) in [6.45, 7) is 0.340. The SMILES string of the molecule is CNC(=O)Oc1c(Cl)cc(Cl)cc1Cn1cncn1. The first-order valence-corrected chi connectivity index (χ1v) is 6.05. The summed E-state index contributed by atoms with van der Waals surface area (Å²) in [4.78, 5) is 15.1. The van der Waals surface area contributed by atoms with Crippen molar-refractivity contribution in [2.24, 2.45) is 0 Å². The van der Waals surface area contributed by atoms with Gasteiger partial charge in [0.15, 0.2) is 5.75 Å². The second kappa shape index (κ2) is 5.90. The van der Waals surface area contributed by atoms with Crippen LogP contribution < -0.4 is 10.1 Å². The van der Waals surface area contributed by atoms with Crippen molar-refractivity contribution in [2.45, 2.75) is 6.54 Å². The zero-order chi connectivity index (χ0) is 13.8. The minimum atomic E-state index is -0.607. The molecular formula is C11H10Cl2N4O2. The second-order valence-corrected chi connectivity index (χ2v) is 4.45. The van der Waals surface area contributed by atoms with E-state index >= 15 is 0 Å². The number of rotatable bonds is 3. The van der Waals surface area contributed by atoms with Crippen molar-refractivity contribution in [3.05, 3.63) is 40.4 Å². The van der Waals surface area contributed by atoms with E-state index in [0.717, 1.165) is 0 Å². The monoisotopic (exact) mass is 300 g/mol. The highest BCUT2D eigenvalue weighted by molar-refractivity contribution is 6.35. The summed E-state index contributed by atoms with van der Waals surface area (Å²) in [5.74, 6) is 0.251. The van der Waals surface area contributed by atoms with Crippen LogP contribution in [0.25, 0.3) is 0 Å². The topological polar surface area (TPSA) is 69.0 Å². The number of hydrogen-bond acceptors (Lipinski definition) is 4. The van der Waals surface area contributed by atoms with Crippen LogP contribution >= 0.6 is 23.2 Å². The first-order valence-electron chi connectivity index (χ1n) is 5.30. The van der Waals surface area contributed by atoms with Crippen molar-refractivity contribution < 1.29 is 9.53 Å². The van der Waals surface area contributed by atoms with Gasteiger partial charge in [-0.2, -0.15) is 5.10 Å². The van der Waals surface area contributed by atoms with E-state index in [9.17, 15) is 4.79 Å². The Morgan fingerprint density at radius 1 is 1.47 bits per heavy atom. The van der Waals surface area contributed by atoms with Crippen LogP contribution in [0.1, 0.15) is 5.56 Å². The number of aromatic nitrogens is 3. The molecule has 0 fully saturated rings. The first kappa shape index (κ1) is 13.6. The molecule has 1 amide bonds. The summed E-state index contributed by atoms with van der Waals surface area (Å²) >= 11 is 12.0. The Hall–Kier alpha value is -1.79. The van der Waals surface area contributed by atoms with E-state index in [-0.39, 0.29) is 10.8 Å². The zero-order valence-corrected chi connectivity index (χ0v) is 11.4. The van der Waals surface area contributed by atoms with Crippen LogP contribution in [0.15, 0.2) is 24.8 Å². The summed E-state index contributed by atoms with van der Waals surface area (Å²) in [6, 6.07) is 3.17. The van der Waals surface area contributed by atoms with Gasteiger partial charge in [-0.3, -0.25) is 0 Å². The lowest BCUT2D eigenvalue weighted by Gasteiger charge is -2.12. The van der Waals surface area contributed by atoms with Crippen molar-refractivity contribution in [1.29, 1.82) is 0 Å². The Morgan fingerprint density at radius 2 is 2.26 bits per heavy atom. The summed E-state index contributed by atoms with van der Waals surface area (Å²) in [5.41, 5.74) is 0.631. The van der Waals surface area contributed by atoms with Crippen molar-refractivity contribution in [1.82, 2.24) is 20.1 Å². The van der Waals surface area contributed by atoms with E-state index < -0.39 is 6.09 Å². The van der Waals surface area contributed by atoms with Gasteiger partial charge in [-0.25, -0.2) is 14.5 Å². The van der Waals surface area contributed by atoms with Crippen LogP contribution in [0.3, 0.4) is 0 Å². The second-order valence-electron chi connectivity index (χ2n) is 3.61. The third-order valence-electron chi connectivity index (χ3n) is 2.28. The number of carbonyl (C=O) groups is 1. The highest BCUT2D eigenvalue weighted by Gasteiger charge is 2.14. The molecule has 1 heterocycles. The molecule has 0 bridgehead atoms. The quantitative estimate of drug-likeness (QED) is 0.945. The number of hydrogen-bond donors (Lipinski definition) is 1. The predicted octanol–water partition coefficient (Wildman–Crippen LogP) is 2.35. The minimum absolute atomic E-state index is 0.251. The smallest absolute Gasteiger partial charge is 0.408 e. The van der Waals surface area contributed by atoms with Gasteiger partial charge in [-0.05, 0) is 12.1 Å². The van der Waals surface area contributed by atoms with E-state index in [0.29, 0.717) is 17.1 Å². The third-order valence-corrected chi connectivity index (χ3v) is 2.78. The molecule has 2 aromatic rings. The first-order chi connectivity index (χ1) is 9.10. The van der Waals surface area contributed by atoms with E-state index in [4.69, 9.17) is 27.9 Å². The predicted molar refractivity (Wildman–Crippen MR) is 70.7 cm³/mol. The molecule has 0 saturated carbocycles. The fourth-order valence-corrected chi connectivity index (χ4v) is 2.05. The van der Waals surface area contributed by atoms with Crippen molar-refractivity contribution in [2.75, 3.05) is 7.05 Å². The van der Waals surface area contributed by atoms with Gasteiger partial charge in [-0.1, -0.05) is 23.2 Å². The summed E-state index contributed by atoms with van der Waals surface area (Å²) in [6.07, 6.45) is 2.34. The van der Waals surface area contributed by atoms with E-state index in [1.165, 1.54) is 19.4 Å². The molecule has 2 rings (SSSR count). The number of ether oxygens (including phenoxy) is 1. The lowest BCUT2D eigenvalue weighted by atomic mass is 10.2. The standard InChI is InChI=1S/C11H10Cl2N4O2/c1-14-11(18)19-10-7(2-8(12)3-9(10)13)4-17-6-15-5-16-17/h2-3,5-6H,4H2,1H3,(H,14,18). The van der Waals surface area contributed by atoms with Gasteiger partial charge in [-0.15, -0.1) is 0 Å². The van der Waals surface area contributed by atoms with Gasteiger partial charge >= 0.3 is 6.09 Å². The Morgan fingerprint density at radius 3 is 2.89 bits per heavy atom. The van der Waals surface area contributed by atoms with Crippen LogP contribution in [0.5, 0.6) is 5.75 Å². The number of nitrogens with one attached hydrogen (secondary N) is 1. The molecule has 0 aliphatic carbocycles. The fraction of sp³-hybridized carbons (Fsp3) is 0.182. The maximum atomic E-state index is 11.3. The van der Waals surface area contributed by atoms with Gasteiger partial charge in [0.25, 0.3) is 0 Å². The average Bonchev–Trinajstić information content (AvgIpc) is 2.86. The fourth-order valence-electron chi connectivity index (χ4n) is 1.48. The highest BCUT2D eigenvalue weighted by Crippen LogP contribution is 2.33. The Kier molecular flexibility index (Phi) is 4.24. The molecule has 0 unspecified atom stereocenters. The molecule has 1 aromatic carbocycles. The van der Waals surface area contributed by atoms with Crippen molar-refractivity contribution in [3.63, 3.8) is 0 Å². The largest absolute Gasteiger partial charge is 0.412 e. The Labute approximate surface area is 119 Å². The van der Waals surface area contributed by atoms with Crippen LogP contribution in [0.4, 0.5) is 4.79 Å². The van der Waals surface area contributed by atoms with E-state index in [1.54, 1.807) is 17.1 Å². The van der Waals surface area contributed by atoms with Gasteiger partial charge in [0.2, 0.25) is 0 Å². The summed E-state index contributed by atoms with van der Waals surface area (Å²) in [5, 5.41) is 7.03. The van der Waals surface area contributed by atoms with E-state index in [1.807, 2.05) is 0 Å². The van der Waals surface area contributed by atoms with Gasteiger partial charge in [0.05, 0.1) is 11.6 Å². The molecule has 0 spiro atoms. The van der Waals surface area contributed by atoms with Crippen LogP contribution in [-0.4, -0.2) is 27.9 Å². The number of benzene rings is 1. The van der Waals surface area contributed by atoms with Gasteiger partial charge < -0.3 is 10.1 Å². The molecule has 0 saturated heterocycles. The number of halogens is 2. The Bertz CT molecular complexity index is 587. The molecule has 1 N–H and O–H groups in total. The normalized spacial score (nSPS) is 10.3. The maximum absolute atomic E-state index is 11.3. The molecular weight excluding hydrogens is 291 g/mol. The minimum Gasteiger partial charge on any atom is -0.408 e. The van der Waals surface area contributed by atoms with Crippen molar-refractivity contribution in [3.8, 4) is 5.75 Å². The third kappa shape index (κ3) is 3.36. The molecule has 6 nitrogen and oxygen atoms in total. The molecule has 0 atom stereocenters. The summed E-state index contributed by atoms with van der Waals surface area (Å²) in [7, 11) is 1.46. The highest BCUT2D eigenvalue weighted by atomic mass is 35.5. The lowest BCUT2D eigenvalue weighted by Crippen LogP contribution is -2.23. The summed E-state index contributed by atoms with van der Waals surface area (Å²) < 4.78 is 6.70. The number of carbonyl (C=O) groups excluding carboxylic acids is 1. The zero-order valence-electron chi connectivity index (χ0n) is 9.93. The van der Waals surface area contributed by atoms with Gasteiger partial charge in [0, 0.05) is 17.6 Å². The van der Waals surface area contributed by atoms with Crippen molar-refractivity contribution >= 4 is 29.3 Å². The molecule has 100 valence electrons. The molecule has 8 heteroatoms. The van der Waals surface area contributed by atoms with Gasteiger partial charge in [0.1, 0.15) is 12.7 Å². The Balaban J connectivity index is 2.36. The van der Waals surface area contributed by atoms with Crippen LogP contribution in [0, 0.1) is 0 Å².